The van der Waals surface area contributed by atoms with Gasteiger partial charge in [0.1, 0.15) is 11.9 Å². The molecule has 0 atom stereocenters. The first-order chi connectivity index (χ1) is 12.2. The van der Waals surface area contributed by atoms with Crippen molar-refractivity contribution in [2.75, 3.05) is 64.1 Å². The number of aromatic nitrogens is 2. The van der Waals surface area contributed by atoms with Crippen molar-refractivity contribution in [1.82, 2.24) is 14.9 Å². The van der Waals surface area contributed by atoms with Crippen LogP contribution in [-0.2, 0) is 9.47 Å². The van der Waals surface area contributed by atoms with Crippen LogP contribution in [0.1, 0.15) is 0 Å². The quantitative estimate of drug-likeness (QED) is 0.871. The van der Waals surface area contributed by atoms with Gasteiger partial charge in [0.2, 0.25) is 0 Å². The maximum Gasteiger partial charge on any atom is 0.124 e. The lowest BCUT2D eigenvalue weighted by Crippen LogP contribution is -2.54. The summed E-state index contributed by atoms with van der Waals surface area (Å²) in [5.41, 5.74) is 1.26. The van der Waals surface area contributed by atoms with E-state index in [1.54, 1.807) is 6.33 Å². The summed E-state index contributed by atoms with van der Waals surface area (Å²) in [6, 6.07) is 6.30. The molecule has 0 radical (unpaired) electrons. The van der Waals surface area contributed by atoms with Crippen molar-refractivity contribution in [2.24, 2.45) is 0 Å². The van der Waals surface area contributed by atoms with Crippen molar-refractivity contribution in [2.45, 2.75) is 5.60 Å². The van der Waals surface area contributed by atoms with E-state index in [0.29, 0.717) is 33.0 Å². The van der Waals surface area contributed by atoms with E-state index in [1.165, 1.54) is 5.69 Å². The standard InChI is InChI=1S/C18H24N4O3/c23-18(12-24-7-8-25-13-18)11-21-3-5-22(6-4-21)16-1-2-17-15(9-16)10-19-14-20-17/h1-2,9-10,14,23H,3-8,11-13H2. The van der Waals surface area contributed by atoms with Crippen molar-refractivity contribution >= 4 is 16.6 Å². The number of fused-ring (bicyclic) bond motifs is 1. The summed E-state index contributed by atoms with van der Waals surface area (Å²) in [5.74, 6) is 0. The Balaban J connectivity index is 1.37. The monoisotopic (exact) mass is 344 g/mol. The first-order valence-corrected chi connectivity index (χ1v) is 8.77. The van der Waals surface area contributed by atoms with Crippen LogP contribution in [0.3, 0.4) is 0 Å². The lowest BCUT2D eigenvalue weighted by Gasteiger charge is -2.39. The molecule has 1 aromatic carbocycles. The van der Waals surface area contributed by atoms with Crippen LogP contribution in [-0.4, -0.2) is 84.7 Å². The maximum absolute atomic E-state index is 10.7. The van der Waals surface area contributed by atoms with Crippen LogP contribution in [0, 0.1) is 0 Å². The third-order valence-corrected chi connectivity index (χ3v) is 4.86. The Morgan fingerprint density at radius 2 is 1.84 bits per heavy atom. The third-order valence-electron chi connectivity index (χ3n) is 4.86. The van der Waals surface area contributed by atoms with Gasteiger partial charge in [0.05, 0.1) is 31.9 Å². The first kappa shape index (κ1) is 16.7. The second kappa shape index (κ2) is 7.21. The lowest BCUT2D eigenvalue weighted by atomic mass is 10.1. The summed E-state index contributed by atoms with van der Waals surface area (Å²) < 4.78 is 10.9. The number of aliphatic hydroxyl groups is 1. The van der Waals surface area contributed by atoms with E-state index in [9.17, 15) is 5.11 Å². The number of ether oxygens (including phenoxy) is 2. The summed E-state index contributed by atoms with van der Waals surface area (Å²) in [5, 5.41) is 11.7. The third kappa shape index (κ3) is 3.90. The Bertz CT molecular complexity index is 710. The van der Waals surface area contributed by atoms with E-state index in [1.807, 2.05) is 12.3 Å². The number of benzene rings is 1. The van der Waals surface area contributed by atoms with Gasteiger partial charge in [-0.05, 0) is 18.2 Å². The van der Waals surface area contributed by atoms with Crippen molar-refractivity contribution in [1.29, 1.82) is 0 Å². The summed E-state index contributed by atoms with van der Waals surface area (Å²) >= 11 is 0. The summed E-state index contributed by atoms with van der Waals surface area (Å²) in [6.07, 6.45) is 3.43. The normalized spacial score (nSPS) is 22.0. The van der Waals surface area contributed by atoms with Gasteiger partial charge < -0.3 is 19.5 Å². The second-order valence-electron chi connectivity index (χ2n) is 6.86. The molecule has 1 N–H and O–H groups in total. The van der Waals surface area contributed by atoms with E-state index in [2.05, 4.69) is 31.9 Å². The van der Waals surface area contributed by atoms with Crippen molar-refractivity contribution in [3.8, 4) is 0 Å². The van der Waals surface area contributed by atoms with Crippen LogP contribution in [0.4, 0.5) is 5.69 Å². The van der Waals surface area contributed by atoms with Crippen LogP contribution in [0.25, 0.3) is 10.9 Å². The highest BCUT2D eigenvalue weighted by atomic mass is 16.6. The Labute approximate surface area is 147 Å². The molecule has 0 unspecified atom stereocenters. The molecule has 2 aliphatic heterocycles. The highest BCUT2D eigenvalue weighted by Crippen LogP contribution is 2.22. The molecule has 0 amide bonds. The van der Waals surface area contributed by atoms with Crippen LogP contribution < -0.4 is 4.90 Å². The number of piperazine rings is 1. The SMILES string of the molecule is OC1(CN2CCN(c3ccc4ncncc4c3)CC2)COCCOC1. The number of β-amino-alcohol motifs (C(OH)–C–C–N with tert-alkyl or cyclic N) is 1. The van der Waals surface area contributed by atoms with E-state index >= 15 is 0 Å². The molecular weight excluding hydrogens is 320 g/mol. The van der Waals surface area contributed by atoms with Crippen LogP contribution in [0.5, 0.6) is 0 Å². The predicted molar refractivity (Wildman–Crippen MR) is 94.8 cm³/mol. The highest BCUT2D eigenvalue weighted by molar-refractivity contribution is 5.81. The Morgan fingerprint density at radius 1 is 1.08 bits per heavy atom. The van der Waals surface area contributed by atoms with E-state index in [0.717, 1.165) is 37.1 Å². The minimum Gasteiger partial charge on any atom is -0.384 e. The molecule has 0 aliphatic carbocycles. The van der Waals surface area contributed by atoms with E-state index < -0.39 is 5.60 Å². The Kier molecular flexibility index (Phi) is 4.80. The zero-order chi connectivity index (χ0) is 17.1. The molecule has 134 valence electrons. The number of nitrogens with zero attached hydrogens (tertiary/aromatic N) is 4. The van der Waals surface area contributed by atoms with Gasteiger partial charge in [-0.3, -0.25) is 4.90 Å². The zero-order valence-corrected chi connectivity index (χ0v) is 14.3. The zero-order valence-electron chi connectivity index (χ0n) is 14.3. The van der Waals surface area contributed by atoms with Gasteiger partial charge in [0, 0.05) is 50.0 Å². The second-order valence-corrected chi connectivity index (χ2v) is 6.86. The lowest BCUT2D eigenvalue weighted by molar-refractivity contribution is -0.0746. The Hall–Kier alpha value is -1.80. The van der Waals surface area contributed by atoms with Gasteiger partial charge in [-0.1, -0.05) is 0 Å². The number of rotatable bonds is 3. The number of hydrogen-bond donors (Lipinski definition) is 1. The molecule has 1 aromatic heterocycles. The van der Waals surface area contributed by atoms with Gasteiger partial charge in [0.15, 0.2) is 0 Å². The van der Waals surface area contributed by atoms with E-state index in [4.69, 9.17) is 9.47 Å². The smallest absolute Gasteiger partial charge is 0.124 e. The molecule has 0 spiro atoms. The predicted octanol–water partition coefficient (Wildman–Crippen LogP) is 0.530. The van der Waals surface area contributed by atoms with Gasteiger partial charge in [-0.15, -0.1) is 0 Å². The van der Waals surface area contributed by atoms with Gasteiger partial charge in [-0.2, -0.15) is 0 Å². The molecular formula is C18H24N4O3. The van der Waals surface area contributed by atoms with Crippen LogP contribution in [0.15, 0.2) is 30.7 Å². The number of hydrogen-bond acceptors (Lipinski definition) is 7. The molecule has 2 aromatic rings. The number of anilines is 1. The largest absolute Gasteiger partial charge is 0.384 e. The average molecular weight is 344 g/mol. The Morgan fingerprint density at radius 3 is 2.60 bits per heavy atom. The van der Waals surface area contributed by atoms with Crippen molar-refractivity contribution in [3.05, 3.63) is 30.7 Å². The fourth-order valence-electron chi connectivity index (χ4n) is 3.52. The van der Waals surface area contributed by atoms with Crippen molar-refractivity contribution < 1.29 is 14.6 Å². The molecule has 4 rings (SSSR count). The molecule has 2 fully saturated rings. The van der Waals surface area contributed by atoms with Crippen LogP contribution >= 0.6 is 0 Å². The highest BCUT2D eigenvalue weighted by Gasteiger charge is 2.33. The van der Waals surface area contributed by atoms with Gasteiger partial charge in [0.25, 0.3) is 0 Å². The first-order valence-electron chi connectivity index (χ1n) is 8.77. The fourth-order valence-corrected chi connectivity index (χ4v) is 3.52. The minimum atomic E-state index is -0.904. The molecule has 25 heavy (non-hydrogen) atoms. The molecule has 2 aliphatic rings. The van der Waals surface area contributed by atoms with Gasteiger partial charge >= 0.3 is 0 Å². The van der Waals surface area contributed by atoms with E-state index in [-0.39, 0.29) is 0 Å². The molecule has 3 heterocycles. The molecule has 7 nitrogen and oxygen atoms in total. The average Bonchev–Trinajstić information content (AvgIpc) is 2.86. The topological polar surface area (TPSA) is 71.0 Å². The van der Waals surface area contributed by atoms with Crippen molar-refractivity contribution in [3.63, 3.8) is 0 Å². The maximum atomic E-state index is 10.7. The summed E-state index contributed by atoms with van der Waals surface area (Å²) in [6.45, 7) is 6.07. The minimum absolute atomic E-state index is 0.345. The molecule has 2 saturated heterocycles. The van der Waals surface area contributed by atoms with Crippen LogP contribution in [0.2, 0.25) is 0 Å². The summed E-state index contributed by atoms with van der Waals surface area (Å²) in [7, 11) is 0. The fraction of sp³-hybridized carbons (Fsp3) is 0.556. The molecule has 0 saturated carbocycles. The molecule has 0 bridgehead atoms. The molecule has 7 heteroatoms. The summed E-state index contributed by atoms with van der Waals surface area (Å²) in [4.78, 5) is 13.0. The van der Waals surface area contributed by atoms with Gasteiger partial charge in [-0.25, -0.2) is 9.97 Å².